The van der Waals surface area contributed by atoms with Crippen molar-refractivity contribution >= 4 is 11.6 Å². The molecule has 0 amide bonds. The molecule has 1 heteroatoms. The summed E-state index contributed by atoms with van der Waals surface area (Å²) in [5, 5.41) is 0. The molecule has 0 aliphatic heterocycles. The summed E-state index contributed by atoms with van der Waals surface area (Å²) < 4.78 is 0. The Hall–Kier alpha value is 0.0300. The Bertz CT molecular complexity index is 41.2. The van der Waals surface area contributed by atoms with Crippen LogP contribution in [0, 0.1) is 5.92 Å². The molecule has 0 fully saturated rings. The molecule has 0 spiro atoms. The van der Waals surface area contributed by atoms with Gasteiger partial charge in [-0.25, -0.2) is 0 Å². The number of hydrogen-bond donors (Lipinski definition) is 0. The minimum atomic E-state index is 0.465. The Morgan fingerprint density at radius 3 is 2.50 bits per heavy atom. The molecule has 36 valence electrons. The van der Waals surface area contributed by atoms with Crippen molar-refractivity contribution < 1.29 is 0 Å². The molecule has 0 aliphatic carbocycles. The van der Waals surface area contributed by atoms with Crippen LogP contribution >= 0.6 is 11.6 Å². The molecule has 1 atom stereocenters. The van der Waals surface area contributed by atoms with Crippen LogP contribution in [0.15, 0.2) is 12.7 Å². The van der Waals surface area contributed by atoms with Crippen molar-refractivity contribution in [2.75, 3.05) is 5.88 Å². The molecular weight excluding hydrogens is 95.5 g/mol. The lowest BCUT2D eigenvalue weighted by atomic mass is 10.2. The highest BCUT2D eigenvalue weighted by Gasteiger charge is 1.86. The van der Waals surface area contributed by atoms with Crippen molar-refractivity contribution in [1.29, 1.82) is 0 Å². The second kappa shape index (κ2) is 3.23. The zero-order valence-electron chi connectivity index (χ0n) is 3.95. The molecule has 0 N–H and O–H groups in total. The van der Waals surface area contributed by atoms with Gasteiger partial charge in [0, 0.05) is 5.88 Å². The third kappa shape index (κ3) is 2.28. The number of hydrogen-bond acceptors (Lipinski definition) is 0. The Morgan fingerprint density at radius 2 is 2.50 bits per heavy atom. The van der Waals surface area contributed by atoms with Crippen LogP contribution < -0.4 is 0 Å². The summed E-state index contributed by atoms with van der Waals surface area (Å²) in [6, 6.07) is 0. The van der Waals surface area contributed by atoms with Crippen molar-refractivity contribution in [2.24, 2.45) is 5.92 Å². The van der Waals surface area contributed by atoms with Gasteiger partial charge >= 0.3 is 0 Å². The van der Waals surface area contributed by atoms with E-state index in [4.69, 9.17) is 11.6 Å². The SMILES string of the molecule is C=C[C@H](C)CCl. The number of halogens is 1. The Kier molecular flexibility index (Phi) is 3.24. The maximum atomic E-state index is 5.38. The van der Waals surface area contributed by atoms with Gasteiger partial charge in [0.25, 0.3) is 0 Å². The molecular formula is C5H9Cl. The van der Waals surface area contributed by atoms with Crippen LogP contribution in [0.4, 0.5) is 0 Å². The summed E-state index contributed by atoms with van der Waals surface area (Å²) >= 11 is 5.38. The van der Waals surface area contributed by atoms with Gasteiger partial charge in [-0.2, -0.15) is 0 Å². The molecule has 0 bridgehead atoms. The normalized spacial score (nSPS) is 13.7. The van der Waals surface area contributed by atoms with E-state index < -0.39 is 0 Å². The molecule has 0 aromatic rings. The van der Waals surface area contributed by atoms with Crippen LogP contribution in [-0.2, 0) is 0 Å². The Balaban J connectivity index is 2.96. The molecule has 0 aliphatic rings. The molecule has 0 saturated heterocycles. The van der Waals surface area contributed by atoms with E-state index in [1.54, 1.807) is 0 Å². The predicted molar refractivity (Wildman–Crippen MR) is 30.1 cm³/mol. The fraction of sp³-hybridized carbons (Fsp3) is 0.600. The van der Waals surface area contributed by atoms with Gasteiger partial charge in [0.1, 0.15) is 0 Å². The molecule has 0 heterocycles. The molecule has 0 aromatic heterocycles. The average Bonchev–Trinajstić information content (AvgIpc) is 1.65. The van der Waals surface area contributed by atoms with E-state index in [9.17, 15) is 0 Å². The second-order valence-corrected chi connectivity index (χ2v) is 1.68. The third-order valence-corrected chi connectivity index (χ3v) is 1.13. The maximum Gasteiger partial charge on any atom is 0.0283 e. The van der Waals surface area contributed by atoms with Gasteiger partial charge in [0.2, 0.25) is 0 Å². The van der Waals surface area contributed by atoms with E-state index in [1.165, 1.54) is 0 Å². The smallest absolute Gasteiger partial charge is 0.0283 e. The first-order valence-electron chi connectivity index (χ1n) is 1.99. The topological polar surface area (TPSA) is 0 Å². The van der Waals surface area contributed by atoms with Gasteiger partial charge in [-0.3, -0.25) is 0 Å². The zero-order chi connectivity index (χ0) is 4.99. The summed E-state index contributed by atoms with van der Waals surface area (Å²) in [5.74, 6) is 1.15. The Labute approximate surface area is 43.8 Å². The fourth-order valence-electron chi connectivity index (χ4n) is 0.0630. The average molecular weight is 105 g/mol. The molecule has 0 rings (SSSR count). The highest BCUT2D eigenvalue weighted by Crippen LogP contribution is 1.95. The standard InChI is InChI=1S/C5H9Cl/c1-3-5(2)4-6/h3,5H,1,4H2,2H3/t5-/m0/s1. The maximum absolute atomic E-state index is 5.38. The van der Waals surface area contributed by atoms with Gasteiger partial charge in [0.05, 0.1) is 0 Å². The molecule has 0 nitrogen and oxygen atoms in total. The van der Waals surface area contributed by atoms with Crippen LogP contribution in [0.5, 0.6) is 0 Å². The van der Waals surface area contributed by atoms with E-state index in [2.05, 4.69) is 6.58 Å². The lowest BCUT2D eigenvalue weighted by molar-refractivity contribution is 0.844. The van der Waals surface area contributed by atoms with Crippen LogP contribution in [0.3, 0.4) is 0 Å². The summed E-state index contributed by atoms with van der Waals surface area (Å²) in [7, 11) is 0. The van der Waals surface area contributed by atoms with Crippen molar-refractivity contribution in [3.8, 4) is 0 Å². The number of allylic oxidation sites excluding steroid dienone is 1. The zero-order valence-corrected chi connectivity index (χ0v) is 4.70. The predicted octanol–water partition coefficient (Wildman–Crippen LogP) is 2.05. The third-order valence-electron chi connectivity index (χ3n) is 0.646. The minimum absolute atomic E-state index is 0.465. The summed E-state index contributed by atoms with van der Waals surface area (Å²) in [4.78, 5) is 0. The lowest BCUT2D eigenvalue weighted by Crippen LogP contribution is -1.86. The van der Waals surface area contributed by atoms with Crippen LogP contribution in [0.2, 0.25) is 0 Å². The first-order chi connectivity index (χ1) is 2.81. The van der Waals surface area contributed by atoms with Gasteiger partial charge < -0.3 is 0 Å². The summed E-state index contributed by atoms with van der Waals surface area (Å²) in [5.41, 5.74) is 0. The molecule has 0 aromatic carbocycles. The molecule has 0 unspecified atom stereocenters. The number of rotatable bonds is 2. The van der Waals surface area contributed by atoms with E-state index in [-0.39, 0.29) is 0 Å². The van der Waals surface area contributed by atoms with Crippen LogP contribution in [0.1, 0.15) is 6.92 Å². The van der Waals surface area contributed by atoms with Gasteiger partial charge in [-0.1, -0.05) is 13.0 Å². The van der Waals surface area contributed by atoms with Gasteiger partial charge in [0.15, 0.2) is 0 Å². The lowest BCUT2D eigenvalue weighted by Gasteiger charge is -1.92. The second-order valence-electron chi connectivity index (χ2n) is 1.37. The quantitative estimate of drug-likeness (QED) is 0.372. The van der Waals surface area contributed by atoms with E-state index in [0.29, 0.717) is 11.8 Å². The number of alkyl halides is 1. The van der Waals surface area contributed by atoms with Crippen LogP contribution in [0.25, 0.3) is 0 Å². The molecule has 6 heavy (non-hydrogen) atoms. The van der Waals surface area contributed by atoms with Gasteiger partial charge in [-0.05, 0) is 5.92 Å². The highest BCUT2D eigenvalue weighted by molar-refractivity contribution is 6.18. The highest BCUT2D eigenvalue weighted by atomic mass is 35.5. The van der Waals surface area contributed by atoms with Crippen molar-refractivity contribution in [3.05, 3.63) is 12.7 Å². The summed E-state index contributed by atoms with van der Waals surface area (Å²) in [6.45, 7) is 5.57. The van der Waals surface area contributed by atoms with E-state index in [1.807, 2.05) is 13.0 Å². The van der Waals surface area contributed by atoms with Crippen molar-refractivity contribution in [2.45, 2.75) is 6.92 Å². The minimum Gasteiger partial charge on any atom is -0.126 e. The first kappa shape index (κ1) is 6.03. The van der Waals surface area contributed by atoms with E-state index in [0.717, 1.165) is 0 Å². The van der Waals surface area contributed by atoms with Crippen molar-refractivity contribution in [1.82, 2.24) is 0 Å². The van der Waals surface area contributed by atoms with Crippen LogP contribution in [-0.4, -0.2) is 5.88 Å². The fourth-order valence-corrected chi connectivity index (χ4v) is 0.189. The van der Waals surface area contributed by atoms with Crippen molar-refractivity contribution in [3.63, 3.8) is 0 Å². The summed E-state index contributed by atoms with van der Waals surface area (Å²) in [6.07, 6.45) is 1.84. The largest absolute Gasteiger partial charge is 0.126 e. The Morgan fingerprint density at radius 1 is 2.00 bits per heavy atom. The first-order valence-corrected chi connectivity index (χ1v) is 2.53. The molecule has 0 radical (unpaired) electrons. The van der Waals surface area contributed by atoms with E-state index >= 15 is 0 Å². The monoisotopic (exact) mass is 104 g/mol. The van der Waals surface area contributed by atoms with Gasteiger partial charge in [-0.15, -0.1) is 18.2 Å². The molecule has 0 saturated carbocycles.